The van der Waals surface area contributed by atoms with Crippen LogP contribution in [-0.2, 0) is 26.2 Å². The maximum Gasteiger partial charge on any atom is 4.00 e. The van der Waals surface area contributed by atoms with Crippen LogP contribution in [-0.4, -0.2) is 14.2 Å². The molecule has 2 nitrogen and oxygen atoms in total. The van der Waals surface area contributed by atoms with E-state index >= 15 is 0 Å². The van der Waals surface area contributed by atoms with Crippen molar-refractivity contribution >= 4 is 22.7 Å². The molecule has 0 saturated heterocycles. The summed E-state index contributed by atoms with van der Waals surface area (Å²) in [6.45, 7) is 0. The van der Waals surface area contributed by atoms with Crippen molar-refractivity contribution in [2.75, 3.05) is 14.2 Å². The van der Waals surface area contributed by atoms with E-state index in [9.17, 15) is 0 Å². The van der Waals surface area contributed by atoms with E-state index < -0.39 is 0 Å². The van der Waals surface area contributed by atoms with Crippen molar-refractivity contribution in [1.29, 1.82) is 0 Å². The topological polar surface area (TPSA) is 18.5 Å². The second-order valence-corrected chi connectivity index (χ2v) is 8.92. The Bertz CT molecular complexity index is 916. The molecule has 2 heterocycles. The van der Waals surface area contributed by atoms with Crippen LogP contribution in [0.2, 0.25) is 0 Å². The standard InChI is InChI=1S/C18H18O2S2.2C5H4.Zr/c1-19-17-9-7-15(21-17)11-13-5-3-4-6-14(13)12-16-8-10-18(20-2)22-16;2*1-2-4-5-3-1;/h7-10H,3-6H2,1-2H3;2*1-4H;/q-2;2*-1;+4. The van der Waals surface area contributed by atoms with E-state index in [2.05, 4.69) is 37.1 Å². The zero-order valence-corrected chi connectivity index (χ0v) is 23.0. The first-order chi connectivity index (χ1) is 15.8. The molecule has 2 aromatic rings. The van der Waals surface area contributed by atoms with Gasteiger partial charge in [0.1, 0.15) is 0 Å². The van der Waals surface area contributed by atoms with E-state index in [0.717, 1.165) is 32.7 Å². The number of allylic oxidation sites excluding steroid dienone is 10. The van der Waals surface area contributed by atoms with Gasteiger partial charge in [0.15, 0.2) is 10.1 Å². The number of thiophene rings is 2. The van der Waals surface area contributed by atoms with Crippen LogP contribution in [0.1, 0.15) is 35.4 Å². The first-order valence-electron chi connectivity index (χ1n) is 10.5. The Morgan fingerprint density at radius 3 is 1.33 bits per heavy atom. The van der Waals surface area contributed by atoms with Gasteiger partial charge in [0.2, 0.25) is 0 Å². The van der Waals surface area contributed by atoms with E-state index in [1.54, 1.807) is 36.9 Å². The van der Waals surface area contributed by atoms with Crippen molar-refractivity contribution in [2.24, 2.45) is 0 Å². The van der Waals surface area contributed by atoms with Crippen LogP contribution in [0.4, 0.5) is 0 Å². The van der Waals surface area contributed by atoms with Gasteiger partial charge < -0.3 is 9.47 Å². The molecule has 0 amide bonds. The van der Waals surface area contributed by atoms with Gasteiger partial charge in [-0.2, -0.15) is 37.1 Å². The van der Waals surface area contributed by atoms with Gasteiger partial charge in [-0.3, -0.25) is 11.1 Å². The molecule has 166 valence electrons. The van der Waals surface area contributed by atoms with E-state index in [4.69, 9.17) is 9.47 Å². The first kappa shape index (κ1) is 27.3. The number of methoxy groups -OCH3 is 2. The largest absolute Gasteiger partial charge is 4.00 e. The second kappa shape index (κ2) is 15.8. The molecule has 0 aliphatic heterocycles. The van der Waals surface area contributed by atoms with Gasteiger partial charge in [-0.05, 0) is 0 Å². The normalized spacial score (nSPS) is 17.4. The molecule has 5 rings (SSSR count). The molecule has 33 heavy (non-hydrogen) atoms. The maximum absolute atomic E-state index is 5.26. The van der Waals surface area contributed by atoms with Crippen molar-refractivity contribution in [3.63, 3.8) is 0 Å². The van der Waals surface area contributed by atoms with Gasteiger partial charge in [-0.25, -0.2) is 36.5 Å². The molecule has 0 bridgehead atoms. The molecular formula is C28H26O2S2Zr. The fraction of sp³-hybridized carbons (Fsp3) is 0.214. The number of hydrogen-bond donors (Lipinski definition) is 0. The maximum atomic E-state index is 5.26. The summed E-state index contributed by atoms with van der Waals surface area (Å²) < 4.78 is 10.5. The molecule has 0 unspecified atom stereocenters. The van der Waals surface area contributed by atoms with Crippen molar-refractivity contribution < 1.29 is 35.7 Å². The molecule has 0 aromatic carbocycles. The summed E-state index contributed by atoms with van der Waals surface area (Å²) in [6, 6.07) is 8.12. The van der Waals surface area contributed by atoms with Gasteiger partial charge in [-0.15, -0.1) is 34.8 Å². The van der Waals surface area contributed by atoms with Crippen LogP contribution >= 0.6 is 22.7 Å². The van der Waals surface area contributed by atoms with Gasteiger partial charge in [-0.1, -0.05) is 47.6 Å². The van der Waals surface area contributed by atoms with E-state index in [1.165, 1.54) is 24.0 Å². The summed E-state index contributed by atoms with van der Waals surface area (Å²) in [4.78, 5) is 2.24. The summed E-state index contributed by atoms with van der Waals surface area (Å²) in [7, 11) is 3.40. The minimum atomic E-state index is 0. The van der Waals surface area contributed by atoms with Crippen LogP contribution in [0.5, 0.6) is 10.1 Å². The molecule has 0 spiro atoms. The van der Waals surface area contributed by atoms with Crippen molar-refractivity contribution in [2.45, 2.75) is 25.7 Å². The summed E-state index contributed by atoms with van der Waals surface area (Å²) in [6.07, 6.45) is 32.7. The summed E-state index contributed by atoms with van der Waals surface area (Å²) in [5, 5.41) is 1.85. The summed E-state index contributed by atoms with van der Waals surface area (Å²) in [5.41, 5.74) is 2.56. The predicted octanol–water partition coefficient (Wildman–Crippen LogP) is 7.64. The van der Waals surface area contributed by atoms with Crippen molar-refractivity contribution in [1.82, 2.24) is 0 Å². The fourth-order valence-corrected chi connectivity index (χ4v) is 4.52. The Kier molecular flexibility index (Phi) is 13.1. The third-order valence-electron chi connectivity index (χ3n) is 4.57. The Morgan fingerprint density at radius 2 is 1.06 bits per heavy atom. The molecule has 1 saturated carbocycles. The monoisotopic (exact) mass is 548 g/mol. The van der Waals surface area contributed by atoms with E-state index in [-0.39, 0.29) is 26.2 Å². The van der Waals surface area contributed by atoms with E-state index in [0.29, 0.717) is 0 Å². The molecule has 3 aliphatic carbocycles. The molecule has 3 aliphatic rings. The smallest absolute Gasteiger partial charge is 0.488 e. The quantitative estimate of drug-likeness (QED) is 0.365. The van der Waals surface area contributed by atoms with Crippen LogP contribution in [0.3, 0.4) is 0 Å². The summed E-state index contributed by atoms with van der Waals surface area (Å²) >= 11 is 3.26. The molecule has 0 N–H and O–H groups in total. The van der Waals surface area contributed by atoms with Crippen LogP contribution in [0, 0.1) is 25.0 Å². The molecule has 1 fully saturated rings. The Balaban J connectivity index is 0.000000288. The Labute approximate surface area is 225 Å². The average molecular weight is 550 g/mol. The summed E-state index contributed by atoms with van der Waals surface area (Å²) in [5.74, 6) is 0. The average Bonchev–Trinajstić information content (AvgIpc) is 3.65. The Morgan fingerprint density at radius 1 is 0.667 bits per heavy atom. The van der Waals surface area contributed by atoms with Crippen LogP contribution < -0.4 is 9.47 Å². The SMILES string of the molecule is COc1ccc([C-]=C2CCCCC2=[C-]c2ccc(OC)s2)s1.[C-]1C=CC=C1.[C-]1C=CC=C1.[Zr+4]. The number of rotatable bonds is 4. The first-order valence-corrected chi connectivity index (χ1v) is 12.1. The van der Waals surface area contributed by atoms with Crippen molar-refractivity contribution in [3.05, 3.63) is 119 Å². The van der Waals surface area contributed by atoms with Gasteiger partial charge in [0.25, 0.3) is 0 Å². The van der Waals surface area contributed by atoms with E-state index in [1.807, 2.05) is 60.7 Å². The molecular weight excluding hydrogens is 524 g/mol. The third kappa shape index (κ3) is 9.84. The van der Waals surface area contributed by atoms with Gasteiger partial charge >= 0.3 is 26.2 Å². The van der Waals surface area contributed by atoms with Crippen LogP contribution in [0.25, 0.3) is 0 Å². The van der Waals surface area contributed by atoms with Crippen LogP contribution in [0.15, 0.2) is 84.0 Å². The fourth-order valence-electron chi connectivity index (χ4n) is 3.03. The Hall–Kier alpha value is -1.94. The third-order valence-corrected chi connectivity index (χ3v) is 6.50. The zero-order chi connectivity index (χ0) is 22.4. The second-order valence-electron chi connectivity index (χ2n) is 6.83. The number of ether oxygens (including phenoxy) is 2. The van der Waals surface area contributed by atoms with Crippen molar-refractivity contribution in [3.8, 4) is 10.1 Å². The molecule has 2 radical (unpaired) electrons. The minimum Gasteiger partial charge on any atom is -0.488 e. The van der Waals surface area contributed by atoms with Gasteiger partial charge in [0.05, 0.1) is 14.2 Å². The molecule has 0 atom stereocenters. The van der Waals surface area contributed by atoms with Gasteiger partial charge in [0, 0.05) is 0 Å². The minimum absolute atomic E-state index is 0. The molecule has 5 heteroatoms. The number of hydrogen-bond acceptors (Lipinski definition) is 4. The zero-order valence-electron chi connectivity index (χ0n) is 18.9. The predicted molar refractivity (Wildman–Crippen MR) is 135 cm³/mol. The molecule has 2 aromatic heterocycles.